The zero-order chi connectivity index (χ0) is 10.5. The minimum atomic E-state index is 0.165. The highest BCUT2D eigenvalue weighted by Crippen LogP contribution is 2.17. The lowest BCUT2D eigenvalue weighted by atomic mass is 10.1. The third-order valence-electron chi connectivity index (χ3n) is 2.78. The molecule has 1 N–H and O–H groups in total. The van der Waals surface area contributed by atoms with Gasteiger partial charge in [-0.3, -0.25) is 4.90 Å². The highest BCUT2D eigenvalue weighted by atomic mass is 16.5. The van der Waals surface area contributed by atoms with E-state index in [4.69, 9.17) is 9.84 Å². The predicted molar refractivity (Wildman–Crippen MR) is 58.8 cm³/mol. The number of piperidine rings is 1. The molecule has 1 aromatic rings. The fourth-order valence-corrected chi connectivity index (χ4v) is 1.86. The Morgan fingerprint density at radius 1 is 1.20 bits per heavy atom. The normalized spacial score (nSPS) is 19.0. The molecule has 1 aromatic carbocycles. The molecule has 1 heterocycles. The van der Waals surface area contributed by atoms with Crippen molar-refractivity contribution < 1.29 is 9.84 Å². The molecular weight excluding hydrogens is 190 g/mol. The van der Waals surface area contributed by atoms with Crippen molar-refractivity contribution in [3.05, 3.63) is 30.3 Å². The number of nitrogens with zero attached hydrogens (tertiary/aromatic N) is 1. The molecule has 0 aromatic heterocycles. The van der Waals surface area contributed by atoms with Gasteiger partial charge in [0.15, 0.2) is 0 Å². The number of hydrogen-bond donors (Lipinski definition) is 1. The molecule has 0 bridgehead atoms. The summed E-state index contributed by atoms with van der Waals surface area (Å²) in [5, 5.41) is 8.95. The first-order chi connectivity index (χ1) is 7.38. The molecule has 0 amide bonds. The van der Waals surface area contributed by atoms with Crippen LogP contribution in [-0.2, 0) is 0 Å². The monoisotopic (exact) mass is 207 g/mol. The molecule has 0 unspecified atom stereocenters. The molecular formula is C12H17NO2. The van der Waals surface area contributed by atoms with E-state index in [1.165, 1.54) is 0 Å². The maximum atomic E-state index is 8.95. The molecule has 0 aliphatic carbocycles. The molecule has 1 fully saturated rings. The van der Waals surface area contributed by atoms with Gasteiger partial charge < -0.3 is 9.84 Å². The molecule has 0 radical (unpaired) electrons. The highest BCUT2D eigenvalue weighted by Gasteiger charge is 2.19. The van der Waals surface area contributed by atoms with Crippen molar-refractivity contribution in [1.29, 1.82) is 0 Å². The number of para-hydroxylation sites is 1. The number of aliphatic hydroxyl groups is 1. The molecule has 0 saturated carbocycles. The van der Waals surface area contributed by atoms with E-state index in [1.807, 2.05) is 35.2 Å². The predicted octanol–water partition coefficient (Wildman–Crippen LogP) is 1.48. The minimum Gasteiger partial charge on any atom is -0.490 e. The maximum Gasteiger partial charge on any atom is 0.119 e. The van der Waals surface area contributed by atoms with Gasteiger partial charge in [0.1, 0.15) is 11.9 Å². The molecule has 1 aliphatic rings. The van der Waals surface area contributed by atoms with Gasteiger partial charge in [-0.05, 0) is 25.0 Å². The number of aliphatic hydroxyl groups excluding tert-OH is 1. The average Bonchev–Trinajstić information content (AvgIpc) is 2.31. The number of rotatable bonds is 3. The lowest BCUT2D eigenvalue weighted by Gasteiger charge is -2.30. The van der Waals surface area contributed by atoms with Crippen LogP contribution in [0.5, 0.6) is 5.75 Å². The van der Waals surface area contributed by atoms with Crippen LogP contribution in [0.1, 0.15) is 12.8 Å². The summed E-state index contributed by atoms with van der Waals surface area (Å²) in [6.07, 6.45) is 2.29. The number of benzene rings is 1. The van der Waals surface area contributed by atoms with Crippen LogP contribution in [0, 0.1) is 0 Å². The highest BCUT2D eigenvalue weighted by molar-refractivity contribution is 5.21. The van der Waals surface area contributed by atoms with E-state index in [-0.39, 0.29) is 6.73 Å². The van der Waals surface area contributed by atoms with Crippen molar-refractivity contribution in [2.75, 3.05) is 19.8 Å². The number of ether oxygens (including phenoxy) is 1. The Bertz CT molecular complexity index is 281. The van der Waals surface area contributed by atoms with E-state index in [0.29, 0.717) is 6.10 Å². The van der Waals surface area contributed by atoms with E-state index < -0.39 is 0 Å². The third kappa shape index (κ3) is 2.94. The summed E-state index contributed by atoms with van der Waals surface area (Å²) < 4.78 is 5.84. The van der Waals surface area contributed by atoms with Gasteiger partial charge in [0.05, 0.1) is 6.73 Å². The zero-order valence-corrected chi connectivity index (χ0v) is 8.80. The molecule has 3 heteroatoms. The van der Waals surface area contributed by atoms with E-state index in [0.717, 1.165) is 31.7 Å². The lowest BCUT2D eigenvalue weighted by Crippen LogP contribution is -2.38. The second kappa shape index (κ2) is 5.14. The van der Waals surface area contributed by atoms with Gasteiger partial charge in [0.25, 0.3) is 0 Å². The minimum absolute atomic E-state index is 0.165. The van der Waals surface area contributed by atoms with Crippen LogP contribution in [0.3, 0.4) is 0 Å². The van der Waals surface area contributed by atoms with Crippen LogP contribution in [0.2, 0.25) is 0 Å². The van der Waals surface area contributed by atoms with Crippen LogP contribution in [0.25, 0.3) is 0 Å². The van der Waals surface area contributed by atoms with Gasteiger partial charge in [0.2, 0.25) is 0 Å². The average molecular weight is 207 g/mol. The standard InChI is InChI=1S/C12H17NO2/c14-10-13-8-6-12(7-9-13)15-11-4-2-1-3-5-11/h1-5,12,14H,6-10H2. The van der Waals surface area contributed by atoms with Crippen molar-refractivity contribution in [3.63, 3.8) is 0 Å². The molecule has 82 valence electrons. The van der Waals surface area contributed by atoms with E-state index in [9.17, 15) is 0 Å². The van der Waals surface area contributed by atoms with Crippen molar-refractivity contribution in [2.45, 2.75) is 18.9 Å². The molecule has 0 atom stereocenters. The van der Waals surface area contributed by atoms with E-state index in [2.05, 4.69) is 0 Å². The smallest absolute Gasteiger partial charge is 0.119 e. The second-order valence-electron chi connectivity index (χ2n) is 3.89. The summed E-state index contributed by atoms with van der Waals surface area (Å²) in [7, 11) is 0. The Morgan fingerprint density at radius 3 is 2.47 bits per heavy atom. The van der Waals surface area contributed by atoms with Crippen molar-refractivity contribution in [2.24, 2.45) is 0 Å². The fourth-order valence-electron chi connectivity index (χ4n) is 1.86. The molecule has 1 aliphatic heterocycles. The van der Waals surface area contributed by atoms with Crippen molar-refractivity contribution in [3.8, 4) is 5.75 Å². The van der Waals surface area contributed by atoms with Gasteiger partial charge in [-0.25, -0.2) is 0 Å². The molecule has 0 spiro atoms. The molecule has 3 nitrogen and oxygen atoms in total. The summed E-state index contributed by atoms with van der Waals surface area (Å²) in [4.78, 5) is 2.03. The third-order valence-corrected chi connectivity index (χ3v) is 2.78. The summed E-state index contributed by atoms with van der Waals surface area (Å²) in [6, 6.07) is 9.93. The second-order valence-corrected chi connectivity index (χ2v) is 3.89. The van der Waals surface area contributed by atoms with Gasteiger partial charge in [0, 0.05) is 13.1 Å². The van der Waals surface area contributed by atoms with E-state index >= 15 is 0 Å². The van der Waals surface area contributed by atoms with Crippen LogP contribution in [-0.4, -0.2) is 35.9 Å². The summed E-state index contributed by atoms with van der Waals surface area (Å²) in [5.74, 6) is 0.944. The van der Waals surface area contributed by atoms with Gasteiger partial charge in [-0.2, -0.15) is 0 Å². The Hall–Kier alpha value is -1.06. The summed E-state index contributed by atoms with van der Waals surface area (Å²) >= 11 is 0. The Balaban J connectivity index is 1.82. The van der Waals surface area contributed by atoms with Gasteiger partial charge in [-0.1, -0.05) is 18.2 Å². The SMILES string of the molecule is OCN1CCC(Oc2ccccc2)CC1. The van der Waals surface area contributed by atoms with E-state index in [1.54, 1.807) is 0 Å². The van der Waals surface area contributed by atoms with Crippen LogP contribution < -0.4 is 4.74 Å². The Labute approximate surface area is 90.3 Å². The summed E-state index contributed by atoms with van der Waals surface area (Å²) in [5.41, 5.74) is 0. The zero-order valence-electron chi connectivity index (χ0n) is 8.80. The van der Waals surface area contributed by atoms with Crippen LogP contribution >= 0.6 is 0 Å². The molecule has 1 saturated heterocycles. The fraction of sp³-hybridized carbons (Fsp3) is 0.500. The van der Waals surface area contributed by atoms with Crippen LogP contribution in [0.15, 0.2) is 30.3 Å². The molecule has 2 rings (SSSR count). The van der Waals surface area contributed by atoms with Crippen LogP contribution in [0.4, 0.5) is 0 Å². The topological polar surface area (TPSA) is 32.7 Å². The molecule has 15 heavy (non-hydrogen) atoms. The number of hydrogen-bond acceptors (Lipinski definition) is 3. The summed E-state index contributed by atoms with van der Waals surface area (Å²) in [6.45, 7) is 2.01. The number of likely N-dealkylation sites (tertiary alicyclic amines) is 1. The van der Waals surface area contributed by atoms with Crippen molar-refractivity contribution >= 4 is 0 Å². The van der Waals surface area contributed by atoms with Crippen molar-refractivity contribution in [1.82, 2.24) is 4.90 Å². The quantitative estimate of drug-likeness (QED) is 0.815. The Morgan fingerprint density at radius 2 is 1.87 bits per heavy atom. The first-order valence-electron chi connectivity index (χ1n) is 5.43. The first-order valence-corrected chi connectivity index (χ1v) is 5.43. The largest absolute Gasteiger partial charge is 0.490 e. The lowest BCUT2D eigenvalue weighted by molar-refractivity contribution is 0.0441. The first kappa shape index (κ1) is 10.5. The maximum absolute atomic E-state index is 8.95. The Kier molecular flexibility index (Phi) is 3.59. The van der Waals surface area contributed by atoms with Gasteiger partial charge in [-0.15, -0.1) is 0 Å². The van der Waals surface area contributed by atoms with Gasteiger partial charge >= 0.3 is 0 Å².